The van der Waals surface area contributed by atoms with Crippen molar-refractivity contribution in [1.82, 2.24) is 0 Å². The molecule has 0 unspecified atom stereocenters. The summed E-state index contributed by atoms with van der Waals surface area (Å²) in [5.41, 5.74) is 3.20. The van der Waals surface area contributed by atoms with E-state index in [2.05, 4.69) is 5.32 Å². The SMILES string of the molecule is CCOc1ccc(NC(=O)[C@@H]2c3cccc[n+]3CC(=O)N2c2ccc(C)cc2)cc1. The van der Waals surface area contributed by atoms with Crippen LogP contribution in [0.5, 0.6) is 5.75 Å². The minimum Gasteiger partial charge on any atom is -0.494 e. The van der Waals surface area contributed by atoms with Crippen LogP contribution in [0.25, 0.3) is 0 Å². The summed E-state index contributed by atoms with van der Waals surface area (Å²) in [7, 11) is 0. The molecule has 0 saturated carbocycles. The predicted octanol–water partition coefficient (Wildman–Crippen LogP) is 3.41. The Morgan fingerprint density at radius 2 is 1.83 bits per heavy atom. The minimum absolute atomic E-state index is 0.130. The molecule has 2 aromatic carbocycles. The number of benzene rings is 2. The Morgan fingerprint density at radius 3 is 2.53 bits per heavy atom. The molecular formula is C24H24N3O3+. The number of hydrogen-bond acceptors (Lipinski definition) is 3. The number of anilines is 2. The highest BCUT2D eigenvalue weighted by atomic mass is 16.5. The molecule has 3 aromatic rings. The first-order chi connectivity index (χ1) is 14.6. The molecule has 4 rings (SSSR count). The van der Waals surface area contributed by atoms with Crippen LogP contribution in [0.3, 0.4) is 0 Å². The fraction of sp³-hybridized carbons (Fsp3) is 0.208. The van der Waals surface area contributed by atoms with Crippen molar-refractivity contribution in [2.75, 3.05) is 16.8 Å². The van der Waals surface area contributed by atoms with Gasteiger partial charge < -0.3 is 10.1 Å². The lowest BCUT2D eigenvalue weighted by atomic mass is 10.0. The van der Waals surface area contributed by atoms with Crippen LogP contribution in [0, 0.1) is 6.92 Å². The largest absolute Gasteiger partial charge is 0.494 e. The van der Waals surface area contributed by atoms with Gasteiger partial charge in [-0.2, -0.15) is 4.57 Å². The third kappa shape index (κ3) is 3.89. The Morgan fingerprint density at radius 1 is 1.10 bits per heavy atom. The van der Waals surface area contributed by atoms with Crippen molar-refractivity contribution >= 4 is 23.2 Å². The molecule has 0 radical (unpaired) electrons. The third-order valence-electron chi connectivity index (χ3n) is 5.08. The van der Waals surface area contributed by atoms with E-state index in [0.29, 0.717) is 18.0 Å². The molecule has 0 aliphatic carbocycles. The van der Waals surface area contributed by atoms with Crippen LogP contribution in [-0.4, -0.2) is 18.4 Å². The maximum atomic E-state index is 13.4. The van der Waals surface area contributed by atoms with E-state index in [-0.39, 0.29) is 18.4 Å². The van der Waals surface area contributed by atoms with Gasteiger partial charge in [0.1, 0.15) is 5.75 Å². The van der Waals surface area contributed by atoms with Crippen molar-refractivity contribution in [2.24, 2.45) is 0 Å². The zero-order valence-electron chi connectivity index (χ0n) is 17.0. The number of fused-ring (bicyclic) bond motifs is 1. The van der Waals surface area contributed by atoms with Gasteiger partial charge in [-0.25, -0.2) is 0 Å². The topological polar surface area (TPSA) is 62.5 Å². The summed E-state index contributed by atoms with van der Waals surface area (Å²) in [5.74, 6) is 0.340. The molecule has 30 heavy (non-hydrogen) atoms. The van der Waals surface area contributed by atoms with Crippen LogP contribution in [0.15, 0.2) is 72.9 Å². The second kappa shape index (κ2) is 8.37. The van der Waals surface area contributed by atoms with Gasteiger partial charge in [-0.15, -0.1) is 0 Å². The average molecular weight is 402 g/mol. The molecule has 2 amide bonds. The Labute approximate surface area is 175 Å². The second-order valence-corrected chi connectivity index (χ2v) is 7.20. The van der Waals surface area contributed by atoms with Crippen LogP contribution in [0.1, 0.15) is 24.2 Å². The highest BCUT2D eigenvalue weighted by molar-refractivity contribution is 6.05. The number of ether oxygens (including phenoxy) is 1. The average Bonchev–Trinajstić information content (AvgIpc) is 2.75. The van der Waals surface area contributed by atoms with Gasteiger partial charge in [-0.05, 0) is 50.2 Å². The molecule has 6 nitrogen and oxygen atoms in total. The molecule has 1 aliphatic rings. The van der Waals surface area contributed by atoms with Crippen molar-refractivity contribution in [1.29, 1.82) is 0 Å². The van der Waals surface area contributed by atoms with E-state index in [1.807, 2.05) is 79.2 Å². The van der Waals surface area contributed by atoms with E-state index < -0.39 is 6.04 Å². The molecule has 0 fully saturated rings. The number of pyridine rings is 1. The predicted molar refractivity (Wildman–Crippen MR) is 114 cm³/mol. The van der Waals surface area contributed by atoms with E-state index in [1.54, 1.807) is 17.0 Å². The lowest BCUT2D eigenvalue weighted by molar-refractivity contribution is -0.695. The molecule has 0 saturated heterocycles. The Balaban J connectivity index is 1.69. The van der Waals surface area contributed by atoms with Gasteiger partial charge in [0.05, 0.1) is 6.61 Å². The van der Waals surface area contributed by atoms with Gasteiger partial charge in [0.2, 0.25) is 18.3 Å². The number of nitrogens with one attached hydrogen (secondary N) is 1. The van der Waals surface area contributed by atoms with Crippen molar-refractivity contribution in [3.05, 3.63) is 84.2 Å². The molecule has 1 aromatic heterocycles. The van der Waals surface area contributed by atoms with Gasteiger partial charge in [-0.1, -0.05) is 23.8 Å². The highest BCUT2D eigenvalue weighted by Crippen LogP contribution is 2.30. The molecule has 1 N–H and O–H groups in total. The monoisotopic (exact) mass is 402 g/mol. The molecule has 1 aliphatic heterocycles. The molecule has 2 heterocycles. The summed E-state index contributed by atoms with van der Waals surface area (Å²) in [6, 6.07) is 19.7. The lowest BCUT2D eigenvalue weighted by Crippen LogP contribution is -2.58. The maximum absolute atomic E-state index is 13.4. The Kier molecular flexibility index (Phi) is 5.48. The first kappa shape index (κ1) is 19.6. The van der Waals surface area contributed by atoms with Gasteiger partial charge >= 0.3 is 0 Å². The summed E-state index contributed by atoms with van der Waals surface area (Å²) in [5, 5.41) is 2.95. The number of aromatic nitrogens is 1. The summed E-state index contributed by atoms with van der Waals surface area (Å²) >= 11 is 0. The number of hydrogen-bond donors (Lipinski definition) is 1. The van der Waals surface area contributed by atoms with Gasteiger partial charge in [0.25, 0.3) is 11.8 Å². The fourth-order valence-electron chi connectivity index (χ4n) is 3.64. The highest BCUT2D eigenvalue weighted by Gasteiger charge is 2.43. The summed E-state index contributed by atoms with van der Waals surface area (Å²) < 4.78 is 7.29. The van der Waals surface area contributed by atoms with Gasteiger partial charge in [0.15, 0.2) is 6.20 Å². The molecule has 0 bridgehead atoms. The van der Waals surface area contributed by atoms with Crippen LogP contribution in [0.2, 0.25) is 0 Å². The molecule has 152 valence electrons. The first-order valence-electron chi connectivity index (χ1n) is 9.97. The number of amides is 2. The van der Waals surface area contributed by atoms with Crippen molar-refractivity contribution in [3.8, 4) is 5.75 Å². The van der Waals surface area contributed by atoms with Crippen LogP contribution < -0.4 is 19.5 Å². The van der Waals surface area contributed by atoms with E-state index in [4.69, 9.17) is 4.74 Å². The maximum Gasteiger partial charge on any atom is 0.294 e. The van der Waals surface area contributed by atoms with E-state index in [1.165, 1.54) is 0 Å². The Hall–Kier alpha value is -3.67. The Bertz CT molecular complexity index is 1060. The number of carbonyl (C=O) groups is 2. The lowest BCUT2D eigenvalue weighted by Gasteiger charge is -2.32. The normalized spacial score (nSPS) is 15.5. The number of carbonyl (C=O) groups excluding carboxylic acids is 2. The van der Waals surface area contributed by atoms with E-state index in [9.17, 15) is 9.59 Å². The molecule has 6 heteroatoms. The number of rotatable bonds is 5. The zero-order valence-corrected chi connectivity index (χ0v) is 17.0. The minimum atomic E-state index is -0.776. The van der Waals surface area contributed by atoms with Gasteiger partial charge in [-0.3, -0.25) is 14.5 Å². The van der Waals surface area contributed by atoms with E-state index >= 15 is 0 Å². The number of aryl methyl sites for hydroxylation is 1. The van der Waals surface area contributed by atoms with Crippen LogP contribution >= 0.6 is 0 Å². The second-order valence-electron chi connectivity index (χ2n) is 7.20. The first-order valence-corrected chi connectivity index (χ1v) is 9.97. The summed E-state index contributed by atoms with van der Waals surface area (Å²) in [6.45, 7) is 4.68. The van der Waals surface area contributed by atoms with Crippen molar-refractivity contribution in [3.63, 3.8) is 0 Å². The summed E-state index contributed by atoms with van der Waals surface area (Å²) in [4.78, 5) is 28.0. The quantitative estimate of drug-likeness (QED) is 0.666. The van der Waals surface area contributed by atoms with Crippen LogP contribution in [-0.2, 0) is 16.1 Å². The zero-order chi connectivity index (χ0) is 21.1. The fourth-order valence-corrected chi connectivity index (χ4v) is 3.64. The molecule has 0 spiro atoms. The summed E-state index contributed by atoms with van der Waals surface area (Å²) in [6.07, 6.45) is 1.83. The van der Waals surface area contributed by atoms with Crippen molar-refractivity contribution in [2.45, 2.75) is 26.4 Å². The smallest absolute Gasteiger partial charge is 0.294 e. The third-order valence-corrected chi connectivity index (χ3v) is 5.08. The standard InChI is InChI=1S/C24H23N3O3/c1-3-30-20-13-9-18(10-14-20)25-24(29)23-21-6-4-5-15-26(21)16-22(28)27(23)19-11-7-17(2)8-12-19/h4-15,23H,3,16H2,1-2H3/p+1/t23-/m0/s1. The van der Waals surface area contributed by atoms with Crippen molar-refractivity contribution < 1.29 is 18.9 Å². The van der Waals surface area contributed by atoms with Crippen LogP contribution in [0.4, 0.5) is 11.4 Å². The molecular weight excluding hydrogens is 378 g/mol. The van der Waals surface area contributed by atoms with E-state index in [0.717, 1.165) is 17.0 Å². The molecule has 1 atom stereocenters. The van der Waals surface area contributed by atoms with Gasteiger partial charge in [0, 0.05) is 23.5 Å². The number of nitrogens with zero attached hydrogens (tertiary/aromatic N) is 2.